The van der Waals surface area contributed by atoms with Gasteiger partial charge in [-0.1, -0.05) is 60.5 Å². The van der Waals surface area contributed by atoms with E-state index in [0.717, 1.165) is 17.5 Å². The van der Waals surface area contributed by atoms with Crippen LogP contribution >= 0.6 is 23.2 Å². The minimum Gasteiger partial charge on any atom is -0.346 e. The number of carbonyl (C=O) groups is 1. The Morgan fingerprint density at radius 1 is 1.17 bits per heavy atom. The van der Waals surface area contributed by atoms with E-state index < -0.39 is 0 Å². The summed E-state index contributed by atoms with van der Waals surface area (Å²) in [7, 11) is 0. The third-order valence-electron chi connectivity index (χ3n) is 3.62. The molecule has 1 amide bonds. The summed E-state index contributed by atoms with van der Waals surface area (Å²) in [6, 6.07) is 13.4. The van der Waals surface area contributed by atoms with Crippen molar-refractivity contribution in [1.82, 2.24) is 5.32 Å². The van der Waals surface area contributed by atoms with E-state index in [1.165, 1.54) is 11.6 Å². The van der Waals surface area contributed by atoms with E-state index in [1.54, 1.807) is 24.3 Å². The van der Waals surface area contributed by atoms with Crippen LogP contribution < -0.4 is 5.32 Å². The first-order valence-corrected chi connectivity index (χ1v) is 8.27. The van der Waals surface area contributed by atoms with Gasteiger partial charge in [-0.15, -0.1) is 0 Å². The number of hydrogen-bond donors (Lipinski definition) is 1. The van der Waals surface area contributed by atoms with Crippen LogP contribution in [0.3, 0.4) is 0 Å². The van der Waals surface area contributed by atoms with E-state index in [2.05, 4.69) is 24.4 Å². The van der Waals surface area contributed by atoms with Crippen molar-refractivity contribution >= 4 is 35.2 Å². The molecule has 1 unspecified atom stereocenters. The summed E-state index contributed by atoms with van der Waals surface area (Å²) in [5.74, 6) is -0.164. The predicted molar refractivity (Wildman–Crippen MR) is 97.9 cm³/mol. The molecule has 0 aliphatic heterocycles. The molecule has 0 aromatic heterocycles. The van der Waals surface area contributed by atoms with Gasteiger partial charge in [0.05, 0.1) is 6.04 Å². The van der Waals surface area contributed by atoms with Crippen LogP contribution in [-0.4, -0.2) is 5.91 Å². The minimum atomic E-state index is -0.164. The fraction of sp³-hybridized carbons (Fsp3) is 0.211. The van der Waals surface area contributed by atoms with Gasteiger partial charge in [-0.25, -0.2) is 0 Å². The Bertz CT molecular complexity index is 708. The first-order valence-electron chi connectivity index (χ1n) is 7.52. The quantitative estimate of drug-likeness (QED) is 0.716. The van der Waals surface area contributed by atoms with E-state index in [9.17, 15) is 4.79 Å². The molecule has 120 valence electrons. The minimum absolute atomic E-state index is 0.0567. The van der Waals surface area contributed by atoms with Crippen molar-refractivity contribution < 1.29 is 4.79 Å². The largest absolute Gasteiger partial charge is 0.346 e. The monoisotopic (exact) mass is 347 g/mol. The van der Waals surface area contributed by atoms with Crippen LogP contribution in [0.15, 0.2) is 48.5 Å². The number of carbonyl (C=O) groups excluding carboxylic acids is 1. The molecule has 0 aliphatic rings. The Hall–Kier alpha value is -1.77. The van der Waals surface area contributed by atoms with E-state index in [4.69, 9.17) is 23.2 Å². The smallest absolute Gasteiger partial charge is 0.244 e. The second kappa shape index (κ2) is 8.19. The van der Waals surface area contributed by atoms with Gasteiger partial charge >= 0.3 is 0 Å². The van der Waals surface area contributed by atoms with E-state index in [-0.39, 0.29) is 11.9 Å². The van der Waals surface area contributed by atoms with Gasteiger partial charge < -0.3 is 5.32 Å². The molecule has 2 nitrogen and oxygen atoms in total. The topological polar surface area (TPSA) is 29.1 Å². The summed E-state index contributed by atoms with van der Waals surface area (Å²) in [5, 5.41) is 4.03. The highest BCUT2D eigenvalue weighted by Crippen LogP contribution is 2.22. The summed E-state index contributed by atoms with van der Waals surface area (Å²) < 4.78 is 0. The zero-order chi connectivity index (χ0) is 16.8. The average molecular weight is 348 g/mol. The Kier molecular flexibility index (Phi) is 6.26. The summed E-state index contributed by atoms with van der Waals surface area (Å²) in [6.07, 6.45) is 4.17. The highest BCUT2D eigenvalue weighted by atomic mass is 35.5. The fourth-order valence-electron chi connectivity index (χ4n) is 2.19. The number of hydrogen-bond acceptors (Lipinski definition) is 1. The molecule has 0 radical (unpaired) electrons. The first kappa shape index (κ1) is 17.6. The summed E-state index contributed by atoms with van der Waals surface area (Å²) in [6.45, 7) is 4.08. The van der Waals surface area contributed by atoms with Gasteiger partial charge in [0, 0.05) is 16.1 Å². The number of aryl methyl sites for hydroxylation is 1. The van der Waals surface area contributed by atoms with Crippen LogP contribution in [0.4, 0.5) is 0 Å². The maximum absolute atomic E-state index is 12.0. The lowest BCUT2D eigenvalue weighted by molar-refractivity contribution is -0.117. The normalized spacial score (nSPS) is 12.3. The van der Waals surface area contributed by atoms with Crippen LogP contribution in [0.1, 0.15) is 36.6 Å². The molecule has 2 rings (SSSR count). The molecule has 2 aromatic carbocycles. The van der Waals surface area contributed by atoms with Crippen molar-refractivity contribution in [3.63, 3.8) is 0 Å². The van der Waals surface area contributed by atoms with Crippen LogP contribution in [0, 0.1) is 0 Å². The maximum Gasteiger partial charge on any atom is 0.244 e. The molecule has 23 heavy (non-hydrogen) atoms. The van der Waals surface area contributed by atoms with Crippen molar-refractivity contribution in [1.29, 1.82) is 0 Å². The Labute approximate surface area is 147 Å². The number of benzene rings is 2. The number of rotatable bonds is 5. The van der Waals surface area contributed by atoms with Crippen molar-refractivity contribution in [2.24, 2.45) is 0 Å². The second-order valence-corrected chi connectivity index (χ2v) is 6.17. The number of amides is 1. The van der Waals surface area contributed by atoms with Crippen molar-refractivity contribution in [2.75, 3.05) is 0 Å². The van der Waals surface area contributed by atoms with Crippen molar-refractivity contribution in [3.8, 4) is 0 Å². The molecule has 2 aromatic rings. The zero-order valence-corrected chi connectivity index (χ0v) is 14.7. The molecule has 0 saturated carbocycles. The van der Waals surface area contributed by atoms with Crippen molar-refractivity contribution in [3.05, 3.63) is 75.3 Å². The summed E-state index contributed by atoms with van der Waals surface area (Å²) in [4.78, 5) is 12.0. The first-order chi connectivity index (χ1) is 11.0. The highest BCUT2D eigenvalue weighted by Gasteiger charge is 2.07. The van der Waals surface area contributed by atoms with Gasteiger partial charge in [0.25, 0.3) is 0 Å². The molecular weight excluding hydrogens is 329 g/mol. The number of nitrogens with one attached hydrogen (secondary N) is 1. The van der Waals surface area contributed by atoms with Gasteiger partial charge in [-0.2, -0.15) is 0 Å². The SMILES string of the molecule is CCc1ccc(C(C)NC(=O)/C=C/c2ccc(Cl)cc2Cl)cc1. The molecule has 1 atom stereocenters. The number of halogens is 2. The molecule has 0 fully saturated rings. The summed E-state index contributed by atoms with van der Waals surface area (Å²) in [5.41, 5.74) is 3.11. The van der Waals surface area contributed by atoms with E-state index in [1.807, 2.05) is 19.1 Å². The lowest BCUT2D eigenvalue weighted by Gasteiger charge is -2.13. The van der Waals surface area contributed by atoms with Crippen LogP contribution in [0.25, 0.3) is 6.08 Å². The molecule has 0 bridgehead atoms. The molecule has 0 aliphatic carbocycles. The van der Waals surface area contributed by atoms with Crippen LogP contribution in [0.2, 0.25) is 10.0 Å². The zero-order valence-electron chi connectivity index (χ0n) is 13.1. The molecule has 1 N–H and O–H groups in total. The van der Waals surface area contributed by atoms with Gasteiger partial charge in [-0.05, 0) is 48.2 Å². The van der Waals surface area contributed by atoms with E-state index >= 15 is 0 Å². The molecule has 4 heteroatoms. The second-order valence-electron chi connectivity index (χ2n) is 5.32. The van der Waals surface area contributed by atoms with Gasteiger partial charge in [-0.3, -0.25) is 4.79 Å². The van der Waals surface area contributed by atoms with Crippen LogP contribution in [-0.2, 0) is 11.2 Å². The average Bonchev–Trinajstić information content (AvgIpc) is 2.54. The lowest BCUT2D eigenvalue weighted by Crippen LogP contribution is -2.24. The Balaban J connectivity index is 1.99. The molecule has 0 heterocycles. The third kappa shape index (κ3) is 5.12. The fourth-order valence-corrected chi connectivity index (χ4v) is 2.66. The van der Waals surface area contributed by atoms with Gasteiger partial charge in [0.15, 0.2) is 0 Å². The van der Waals surface area contributed by atoms with Crippen molar-refractivity contribution in [2.45, 2.75) is 26.3 Å². The lowest BCUT2D eigenvalue weighted by atomic mass is 10.0. The molecular formula is C19H19Cl2NO. The predicted octanol–water partition coefficient (Wildman–Crippen LogP) is 5.45. The Morgan fingerprint density at radius 2 is 1.87 bits per heavy atom. The highest BCUT2D eigenvalue weighted by molar-refractivity contribution is 6.35. The van der Waals surface area contributed by atoms with Gasteiger partial charge in [0.2, 0.25) is 5.91 Å². The van der Waals surface area contributed by atoms with E-state index in [0.29, 0.717) is 10.0 Å². The summed E-state index contributed by atoms with van der Waals surface area (Å²) >= 11 is 11.9. The maximum atomic E-state index is 12.0. The van der Waals surface area contributed by atoms with Crippen LogP contribution in [0.5, 0.6) is 0 Å². The molecule has 0 saturated heterocycles. The standard InChI is InChI=1S/C19H19Cl2NO/c1-3-14-4-6-15(7-5-14)13(2)22-19(23)11-9-16-8-10-17(20)12-18(16)21/h4-13H,3H2,1-2H3,(H,22,23)/b11-9+. The molecule has 0 spiro atoms. The van der Waals surface area contributed by atoms with Gasteiger partial charge in [0.1, 0.15) is 0 Å². The Morgan fingerprint density at radius 3 is 2.48 bits per heavy atom. The third-order valence-corrected chi connectivity index (χ3v) is 4.19.